The van der Waals surface area contributed by atoms with Gasteiger partial charge in [0.1, 0.15) is 0 Å². The van der Waals surface area contributed by atoms with E-state index in [9.17, 15) is 0 Å². The van der Waals surface area contributed by atoms with Crippen LogP contribution in [0, 0.1) is 0 Å². The molecule has 102 valence electrons. The molecule has 0 spiro atoms. The van der Waals surface area contributed by atoms with Crippen molar-refractivity contribution in [2.75, 3.05) is 6.54 Å². The molecular formula is C15H20ClN3. The molecule has 1 aromatic heterocycles. The maximum atomic E-state index is 5.96. The second-order valence-corrected chi connectivity index (χ2v) is 5.02. The Kier molecular flexibility index (Phi) is 4.61. The van der Waals surface area contributed by atoms with E-state index in [1.807, 2.05) is 23.9 Å². The van der Waals surface area contributed by atoms with Gasteiger partial charge in [-0.05, 0) is 36.7 Å². The van der Waals surface area contributed by atoms with Gasteiger partial charge < -0.3 is 5.32 Å². The zero-order valence-electron chi connectivity index (χ0n) is 11.7. The fourth-order valence-corrected chi connectivity index (χ4v) is 2.36. The number of halogens is 1. The van der Waals surface area contributed by atoms with Crippen molar-refractivity contribution in [1.82, 2.24) is 15.1 Å². The SMILES string of the molecule is CCNC(c1ccc(Cl)cc1)c1cc(CC)nn1C. The largest absolute Gasteiger partial charge is 0.305 e. The van der Waals surface area contributed by atoms with Crippen LogP contribution < -0.4 is 5.32 Å². The number of rotatable bonds is 5. The highest BCUT2D eigenvalue weighted by Gasteiger charge is 2.17. The maximum Gasteiger partial charge on any atom is 0.0748 e. The summed E-state index contributed by atoms with van der Waals surface area (Å²) in [7, 11) is 1.99. The van der Waals surface area contributed by atoms with Crippen molar-refractivity contribution in [3.8, 4) is 0 Å². The van der Waals surface area contributed by atoms with Gasteiger partial charge in [0.15, 0.2) is 0 Å². The third kappa shape index (κ3) is 3.17. The molecule has 0 aliphatic heterocycles. The second kappa shape index (κ2) is 6.22. The molecule has 0 fully saturated rings. The van der Waals surface area contributed by atoms with Gasteiger partial charge in [-0.2, -0.15) is 5.10 Å². The fourth-order valence-electron chi connectivity index (χ4n) is 2.24. The summed E-state index contributed by atoms with van der Waals surface area (Å²) in [6.07, 6.45) is 0.952. The van der Waals surface area contributed by atoms with Gasteiger partial charge in [-0.1, -0.05) is 37.6 Å². The van der Waals surface area contributed by atoms with Gasteiger partial charge in [-0.3, -0.25) is 4.68 Å². The summed E-state index contributed by atoms with van der Waals surface area (Å²) >= 11 is 5.96. The molecule has 1 unspecified atom stereocenters. The monoisotopic (exact) mass is 277 g/mol. The molecule has 1 N–H and O–H groups in total. The average molecular weight is 278 g/mol. The van der Waals surface area contributed by atoms with Crippen LogP contribution in [0.3, 0.4) is 0 Å². The molecule has 0 saturated heterocycles. The van der Waals surface area contributed by atoms with Gasteiger partial charge in [0.2, 0.25) is 0 Å². The van der Waals surface area contributed by atoms with E-state index in [1.165, 1.54) is 11.3 Å². The molecule has 0 bridgehead atoms. The molecule has 1 aromatic carbocycles. The highest BCUT2D eigenvalue weighted by atomic mass is 35.5. The number of benzene rings is 1. The van der Waals surface area contributed by atoms with E-state index in [1.54, 1.807) is 0 Å². The number of nitrogens with one attached hydrogen (secondary N) is 1. The zero-order chi connectivity index (χ0) is 13.8. The van der Waals surface area contributed by atoms with Gasteiger partial charge in [0, 0.05) is 12.1 Å². The van der Waals surface area contributed by atoms with Crippen LogP contribution in [0.15, 0.2) is 30.3 Å². The number of aryl methyl sites for hydroxylation is 2. The number of hydrogen-bond donors (Lipinski definition) is 1. The van der Waals surface area contributed by atoms with E-state index < -0.39 is 0 Å². The zero-order valence-corrected chi connectivity index (χ0v) is 12.4. The van der Waals surface area contributed by atoms with Gasteiger partial charge in [-0.15, -0.1) is 0 Å². The fraction of sp³-hybridized carbons (Fsp3) is 0.400. The summed E-state index contributed by atoms with van der Waals surface area (Å²) in [5, 5.41) is 8.80. The minimum Gasteiger partial charge on any atom is -0.305 e. The lowest BCUT2D eigenvalue weighted by Gasteiger charge is -2.18. The summed E-state index contributed by atoms with van der Waals surface area (Å²) in [4.78, 5) is 0. The Labute approximate surface area is 119 Å². The first kappa shape index (κ1) is 14.1. The van der Waals surface area contributed by atoms with Crippen molar-refractivity contribution >= 4 is 11.6 Å². The average Bonchev–Trinajstić information content (AvgIpc) is 2.78. The first-order valence-electron chi connectivity index (χ1n) is 6.67. The van der Waals surface area contributed by atoms with E-state index >= 15 is 0 Å². The van der Waals surface area contributed by atoms with Crippen LogP contribution in [0.25, 0.3) is 0 Å². The van der Waals surface area contributed by atoms with Crippen LogP contribution in [-0.4, -0.2) is 16.3 Å². The molecule has 0 amide bonds. The molecule has 0 radical (unpaired) electrons. The molecule has 0 saturated carbocycles. The van der Waals surface area contributed by atoms with Crippen molar-refractivity contribution < 1.29 is 0 Å². The number of nitrogens with zero attached hydrogens (tertiary/aromatic N) is 2. The third-order valence-electron chi connectivity index (χ3n) is 3.24. The number of aromatic nitrogens is 2. The van der Waals surface area contributed by atoms with Crippen molar-refractivity contribution in [2.45, 2.75) is 26.3 Å². The summed E-state index contributed by atoms with van der Waals surface area (Å²) in [6, 6.07) is 10.3. The lowest BCUT2D eigenvalue weighted by molar-refractivity contribution is 0.571. The molecule has 0 aliphatic rings. The minimum atomic E-state index is 0.153. The van der Waals surface area contributed by atoms with Gasteiger partial charge in [0.05, 0.1) is 17.4 Å². The first-order valence-corrected chi connectivity index (χ1v) is 7.05. The van der Waals surface area contributed by atoms with Crippen LogP contribution in [0.1, 0.15) is 36.8 Å². The molecule has 2 rings (SSSR count). The lowest BCUT2D eigenvalue weighted by Crippen LogP contribution is -2.24. The highest BCUT2D eigenvalue weighted by Crippen LogP contribution is 2.24. The maximum absolute atomic E-state index is 5.96. The van der Waals surface area contributed by atoms with E-state index in [2.05, 4.69) is 42.5 Å². The van der Waals surface area contributed by atoms with Crippen LogP contribution in [0.5, 0.6) is 0 Å². The predicted molar refractivity (Wildman–Crippen MR) is 79.6 cm³/mol. The van der Waals surface area contributed by atoms with Crippen molar-refractivity contribution in [3.63, 3.8) is 0 Å². The highest BCUT2D eigenvalue weighted by molar-refractivity contribution is 6.30. The molecule has 1 atom stereocenters. The van der Waals surface area contributed by atoms with Crippen molar-refractivity contribution in [3.05, 3.63) is 52.3 Å². The van der Waals surface area contributed by atoms with E-state index in [4.69, 9.17) is 11.6 Å². The summed E-state index contributed by atoms with van der Waals surface area (Å²) in [5.41, 5.74) is 3.51. The lowest BCUT2D eigenvalue weighted by atomic mass is 10.0. The molecular weight excluding hydrogens is 258 g/mol. The van der Waals surface area contributed by atoms with Crippen molar-refractivity contribution in [2.24, 2.45) is 7.05 Å². The number of hydrogen-bond acceptors (Lipinski definition) is 2. The van der Waals surface area contributed by atoms with Crippen LogP contribution >= 0.6 is 11.6 Å². The first-order chi connectivity index (χ1) is 9.15. The Bertz CT molecular complexity index is 531. The van der Waals surface area contributed by atoms with Gasteiger partial charge in [0.25, 0.3) is 0 Å². The Hall–Kier alpha value is -1.32. The normalized spacial score (nSPS) is 12.6. The molecule has 0 aliphatic carbocycles. The third-order valence-corrected chi connectivity index (χ3v) is 3.49. The molecule has 4 heteroatoms. The topological polar surface area (TPSA) is 29.9 Å². The van der Waals surface area contributed by atoms with Gasteiger partial charge >= 0.3 is 0 Å². The van der Waals surface area contributed by atoms with Gasteiger partial charge in [-0.25, -0.2) is 0 Å². The molecule has 3 nitrogen and oxygen atoms in total. The smallest absolute Gasteiger partial charge is 0.0748 e. The van der Waals surface area contributed by atoms with Crippen LogP contribution in [0.4, 0.5) is 0 Å². The summed E-state index contributed by atoms with van der Waals surface area (Å²) < 4.78 is 1.96. The second-order valence-electron chi connectivity index (χ2n) is 4.58. The Balaban J connectivity index is 2.38. The molecule has 2 aromatic rings. The summed E-state index contributed by atoms with van der Waals surface area (Å²) in [5.74, 6) is 0. The van der Waals surface area contributed by atoms with Crippen molar-refractivity contribution in [1.29, 1.82) is 0 Å². The quantitative estimate of drug-likeness (QED) is 0.908. The predicted octanol–water partition coefficient (Wildman–Crippen LogP) is 3.33. The van der Waals surface area contributed by atoms with E-state index in [0.29, 0.717) is 0 Å². The Morgan fingerprint density at radius 2 is 1.95 bits per heavy atom. The Morgan fingerprint density at radius 1 is 1.26 bits per heavy atom. The van der Waals surface area contributed by atoms with E-state index in [-0.39, 0.29) is 6.04 Å². The molecule has 19 heavy (non-hydrogen) atoms. The molecule has 1 heterocycles. The van der Waals surface area contributed by atoms with E-state index in [0.717, 1.165) is 23.7 Å². The van der Waals surface area contributed by atoms with Crippen LogP contribution in [-0.2, 0) is 13.5 Å². The minimum absolute atomic E-state index is 0.153. The van der Waals surface area contributed by atoms with Crippen LogP contribution in [0.2, 0.25) is 5.02 Å². The standard InChI is InChI=1S/C15H20ClN3/c1-4-13-10-14(19(3)18-13)15(17-5-2)11-6-8-12(16)9-7-11/h6-10,15,17H,4-5H2,1-3H3. The Morgan fingerprint density at radius 3 is 2.47 bits per heavy atom. The summed E-state index contributed by atoms with van der Waals surface area (Å²) in [6.45, 7) is 5.14.